The van der Waals surface area contributed by atoms with Crippen LogP contribution in [0.2, 0.25) is 0 Å². The second kappa shape index (κ2) is 21.9. The van der Waals surface area contributed by atoms with E-state index in [0.29, 0.717) is 56.1 Å². The first-order valence-electron chi connectivity index (χ1n) is 23.8. The number of ether oxygens (including phenoxy) is 5. The summed E-state index contributed by atoms with van der Waals surface area (Å²) >= 11 is 0. The maximum absolute atomic E-state index is 15.0. The van der Waals surface area contributed by atoms with Gasteiger partial charge in [0.05, 0.1) is 38.4 Å². The van der Waals surface area contributed by atoms with Crippen LogP contribution in [0.15, 0.2) is 114 Å². The smallest absolute Gasteiger partial charge is 0.239 e. The molecule has 0 aromatic heterocycles. The number of methoxy groups -OCH3 is 1. The highest BCUT2D eigenvalue weighted by Gasteiger charge is 2.65. The summed E-state index contributed by atoms with van der Waals surface area (Å²) in [6.07, 6.45) is 12.3. The van der Waals surface area contributed by atoms with Crippen LogP contribution in [0, 0.1) is 17.8 Å². The lowest BCUT2D eigenvalue weighted by Gasteiger charge is -2.60. The zero-order chi connectivity index (χ0) is 45.2. The van der Waals surface area contributed by atoms with Crippen LogP contribution in [-0.4, -0.2) is 84.9 Å². The van der Waals surface area contributed by atoms with Crippen molar-refractivity contribution in [1.82, 2.24) is 4.90 Å². The zero-order valence-electron chi connectivity index (χ0n) is 38.1. The Balaban J connectivity index is 1.30. The van der Waals surface area contributed by atoms with Crippen LogP contribution in [0.3, 0.4) is 0 Å². The normalized spacial score (nSPS) is 25.2. The van der Waals surface area contributed by atoms with Crippen LogP contribution >= 0.6 is 0 Å². The fourth-order valence-corrected chi connectivity index (χ4v) is 10.7. The summed E-state index contributed by atoms with van der Waals surface area (Å²) < 4.78 is 32.9. The van der Waals surface area contributed by atoms with E-state index in [4.69, 9.17) is 33.7 Å². The topological polar surface area (TPSA) is 129 Å². The van der Waals surface area contributed by atoms with Gasteiger partial charge in [-0.2, -0.15) is 0 Å². The fraction of sp³-hybridized carbons (Fsp3) is 0.481. The number of amides is 1. The van der Waals surface area contributed by atoms with E-state index in [1.807, 2.05) is 59.5 Å². The molecule has 65 heavy (non-hydrogen) atoms. The molecule has 0 spiro atoms. The summed E-state index contributed by atoms with van der Waals surface area (Å²) in [7, 11) is 1.63. The van der Waals surface area contributed by atoms with Gasteiger partial charge in [-0.05, 0) is 121 Å². The molecule has 0 radical (unpaired) electrons. The van der Waals surface area contributed by atoms with Gasteiger partial charge >= 0.3 is 0 Å². The molecule has 4 aromatic rings. The first-order chi connectivity index (χ1) is 31.9. The van der Waals surface area contributed by atoms with Crippen LogP contribution < -0.4 is 14.2 Å². The molecule has 2 aliphatic carbocycles. The minimum Gasteiger partial charge on any atom is -0.497 e. The van der Waals surface area contributed by atoms with Crippen LogP contribution in [0.4, 0.5) is 0 Å². The van der Waals surface area contributed by atoms with Crippen molar-refractivity contribution in [2.75, 3.05) is 40.1 Å². The van der Waals surface area contributed by atoms with E-state index in [1.165, 1.54) is 0 Å². The van der Waals surface area contributed by atoms with Crippen LogP contribution in [0.1, 0.15) is 94.6 Å². The molecule has 7 atom stereocenters. The molecule has 1 unspecified atom stereocenters. The van der Waals surface area contributed by atoms with Gasteiger partial charge < -0.3 is 43.6 Å². The molecule has 1 amide bonds. The van der Waals surface area contributed by atoms with Gasteiger partial charge in [-0.3, -0.25) is 4.79 Å². The van der Waals surface area contributed by atoms with Crippen LogP contribution in [-0.2, 0) is 25.5 Å². The van der Waals surface area contributed by atoms with Gasteiger partial charge in [0.25, 0.3) is 0 Å². The number of nitrogens with zero attached hydrogens (tertiary/aromatic N) is 2. The van der Waals surface area contributed by atoms with E-state index in [2.05, 4.69) is 49.9 Å². The summed E-state index contributed by atoms with van der Waals surface area (Å²) in [5.41, 5.74) is 3.59. The van der Waals surface area contributed by atoms with Crippen LogP contribution in [0.25, 0.3) is 10.8 Å². The van der Waals surface area contributed by atoms with Gasteiger partial charge in [0.15, 0.2) is 0 Å². The van der Waals surface area contributed by atoms with Gasteiger partial charge in [-0.1, -0.05) is 79.5 Å². The predicted octanol–water partition coefficient (Wildman–Crippen LogP) is 10.3. The highest BCUT2D eigenvalue weighted by Crippen LogP contribution is 2.62. The van der Waals surface area contributed by atoms with E-state index < -0.39 is 24.0 Å². The molecular formula is C54H66N2O9. The number of benzene rings is 4. The molecule has 8 rings (SSSR count). The third-order valence-electron chi connectivity index (χ3n) is 13.7. The average molecular weight is 887 g/mol. The number of hydrogen-bond donors (Lipinski definition) is 2. The second-order valence-corrected chi connectivity index (χ2v) is 17.9. The monoisotopic (exact) mass is 886 g/mol. The molecule has 0 bridgehead atoms. The van der Waals surface area contributed by atoms with E-state index in [0.717, 1.165) is 83.9 Å². The Bertz CT molecular complexity index is 2300. The molecule has 1 saturated carbocycles. The van der Waals surface area contributed by atoms with Gasteiger partial charge in [-0.15, -0.1) is 6.58 Å². The number of hydrogen-bond acceptors (Lipinski definition) is 10. The molecule has 2 N–H and O–H groups in total. The predicted molar refractivity (Wildman–Crippen MR) is 252 cm³/mol. The van der Waals surface area contributed by atoms with Crippen molar-refractivity contribution in [2.24, 2.45) is 22.9 Å². The van der Waals surface area contributed by atoms with Gasteiger partial charge in [-0.25, -0.2) is 0 Å². The lowest BCUT2D eigenvalue weighted by molar-refractivity contribution is -0.257. The molecule has 11 nitrogen and oxygen atoms in total. The highest BCUT2D eigenvalue weighted by molar-refractivity contribution is 6.03. The molecule has 2 heterocycles. The maximum Gasteiger partial charge on any atom is 0.239 e. The Labute approximate surface area is 384 Å². The van der Waals surface area contributed by atoms with E-state index in [1.54, 1.807) is 13.2 Å². The van der Waals surface area contributed by atoms with E-state index in [-0.39, 0.29) is 49.9 Å². The first-order valence-corrected chi connectivity index (χ1v) is 23.8. The summed E-state index contributed by atoms with van der Waals surface area (Å²) in [6, 6.07) is 27.5. The molecule has 1 saturated heterocycles. The molecule has 346 valence electrons. The Morgan fingerprint density at radius 3 is 2.49 bits per heavy atom. The Hall–Kier alpha value is -5.20. The quantitative estimate of drug-likeness (QED) is 0.0477. The SMILES string of the molecule is C=CCO[C@@]12Oc3ccc(Oc4ccc5ccccc5c4)cc3[C@H]3[C@H](CCCCO)[C@@H](CCCCO)C=C(C(=NOC4CCCCO4)C[C@@H]1N(CCC)C(=O)Cc1cccc(OC)c1)[C@H]32. The summed E-state index contributed by atoms with van der Waals surface area (Å²) in [5, 5.41) is 27.3. The number of oxime groups is 1. The number of aliphatic hydroxyl groups is 2. The number of carbonyl (C=O) groups is 1. The molecule has 4 aliphatic rings. The van der Waals surface area contributed by atoms with Crippen molar-refractivity contribution in [3.05, 3.63) is 120 Å². The van der Waals surface area contributed by atoms with Crippen LogP contribution in [0.5, 0.6) is 23.0 Å². The largest absolute Gasteiger partial charge is 0.497 e. The standard InChI is InChI=1S/C54H66N2O9/c1-4-26-56(50(59)32-37-15-14-19-41(31-37)60-3)49-36-47(55-65-51-21-10-13-30-61-51)45-34-40(18-8-11-27-57)44(20-9-12-28-58)52-46-35-43(63-42-23-22-38-16-6-7-17-39(38)33-42)24-25-48(46)64-54(49,53(45)52)62-29-5-2/h5-7,14-17,19,22-25,31,33-35,40,44,49,51-53,57-58H,2,4,8-13,18,20-21,26-30,32,36H2,1,3H3/t40-,44+,49-,51?,52+,53+,54+/m0/s1. The Kier molecular flexibility index (Phi) is 15.6. The third kappa shape index (κ3) is 10.3. The number of carbonyl (C=O) groups excluding carboxylic acids is 1. The number of rotatable bonds is 21. The lowest BCUT2D eigenvalue weighted by Crippen LogP contribution is -2.70. The zero-order valence-corrected chi connectivity index (χ0v) is 38.1. The lowest BCUT2D eigenvalue weighted by atomic mass is 9.55. The maximum atomic E-state index is 15.0. The van der Waals surface area contributed by atoms with E-state index in [9.17, 15) is 10.2 Å². The third-order valence-corrected chi connectivity index (χ3v) is 13.7. The number of fused-ring (bicyclic) bond motifs is 3. The molecule has 11 heteroatoms. The van der Waals surface area contributed by atoms with Gasteiger partial charge in [0.1, 0.15) is 29.0 Å². The second-order valence-electron chi connectivity index (χ2n) is 17.9. The number of allylic oxidation sites excluding steroid dienone is 1. The van der Waals surface area contributed by atoms with Crippen molar-refractivity contribution in [1.29, 1.82) is 0 Å². The molecular weight excluding hydrogens is 821 g/mol. The minimum atomic E-state index is -1.36. The van der Waals surface area contributed by atoms with Gasteiger partial charge in [0.2, 0.25) is 18.0 Å². The average Bonchev–Trinajstić information content (AvgIpc) is 3.33. The minimum absolute atomic E-state index is 0.0581. The summed E-state index contributed by atoms with van der Waals surface area (Å²) in [6.45, 7) is 7.66. The molecule has 2 aliphatic heterocycles. The highest BCUT2D eigenvalue weighted by atomic mass is 16.8. The van der Waals surface area contributed by atoms with Gasteiger partial charge in [0, 0.05) is 44.1 Å². The molecule has 4 aromatic carbocycles. The number of aliphatic hydroxyl groups excluding tert-OH is 2. The fourth-order valence-electron chi connectivity index (χ4n) is 10.7. The Morgan fingerprint density at radius 2 is 1.72 bits per heavy atom. The van der Waals surface area contributed by atoms with Crippen molar-refractivity contribution >= 4 is 22.4 Å². The number of unbranched alkanes of at least 4 members (excludes halogenated alkanes) is 2. The van der Waals surface area contributed by atoms with Crippen molar-refractivity contribution in [3.63, 3.8) is 0 Å². The van der Waals surface area contributed by atoms with Crippen molar-refractivity contribution in [3.8, 4) is 23.0 Å². The van der Waals surface area contributed by atoms with E-state index >= 15 is 4.79 Å². The van der Waals surface area contributed by atoms with Crippen molar-refractivity contribution < 1.29 is 43.5 Å². The summed E-state index contributed by atoms with van der Waals surface area (Å²) in [4.78, 5) is 23.3. The first kappa shape index (κ1) is 46.3. The molecule has 2 fully saturated rings. The van der Waals surface area contributed by atoms with Crippen molar-refractivity contribution in [2.45, 2.75) is 108 Å². The summed E-state index contributed by atoms with van der Waals surface area (Å²) in [5.74, 6) is 0.923. The Morgan fingerprint density at radius 1 is 0.923 bits per heavy atom.